The van der Waals surface area contributed by atoms with Crippen molar-refractivity contribution in [3.8, 4) is 5.75 Å². The van der Waals surface area contributed by atoms with Crippen molar-refractivity contribution in [3.05, 3.63) is 70.1 Å². The van der Waals surface area contributed by atoms with E-state index >= 15 is 8.78 Å². The highest BCUT2D eigenvalue weighted by molar-refractivity contribution is 7.93. The molecule has 1 fully saturated rings. The van der Waals surface area contributed by atoms with Crippen LogP contribution >= 0.6 is 11.3 Å². The molecule has 1 saturated heterocycles. The van der Waals surface area contributed by atoms with E-state index < -0.39 is 44.1 Å². The van der Waals surface area contributed by atoms with Crippen molar-refractivity contribution >= 4 is 33.3 Å². The first-order chi connectivity index (χ1) is 16.5. The van der Waals surface area contributed by atoms with E-state index in [0.717, 1.165) is 28.3 Å². The zero-order valence-corrected chi connectivity index (χ0v) is 20.6. The van der Waals surface area contributed by atoms with E-state index in [2.05, 4.69) is 9.88 Å². The van der Waals surface area contributed by atoms with Crippen LogP contribution in [-0.4, -0.2) is 48.2 Å². The molecule has 0 saturated carbocycles. The molecule has 1 N–H and O–H groups in total. The Bertz CT molecular complexity index is 1340. The number of amides is 1. The number of thiazole rings is 1. The van der Waals surface area contributed by atoms with E-state index in [1.54, 1.807) is 0 Å². The van der Waals surface area contributed by atoms with Gasteiger partial charge in [-0.05, 0) is 19.4 Å². The summed E-state index contributed by atoms with van der Waals surface area (Å²) in [5.41, 5.74) is 1.34. The second-order valence-electron chi connectivity index (χ2n) is 8.52. The summed E-state index contributed by atoms with van der Waals surface area (Å²) >= 11 is 0.936. The topological polar surface area (TPSA) is 100 Å². The summed E-state index contributed by atoms with van der Waals surface area (Å²) in [5.74, 6) is -3.48. The van der Waals surface area contributed by atoms with Crippen LogP contribution in [0.15, 0.2) is 52.2 Å². The van der Waals surface area contributed by atoms with Crippen molar-refractivity contribution in [2.75, 3.05) is 17.4 Å². The van der Waals surface area contributed by atoms with Gasteiger partial charge in [-0.3, -0.25) is 4.90 Å². The molecule has 1 aliphatic heterocycles. The summed E-state index contributed by atoms with van der Waals surface area (Å²) < 4.78 is 62.2. The Balaban J connectivity index is 1.61. The molecule has 0 spiro atoms. The van der Waals surface area contributed by atoms with Gasteiger partial charge in [-0.1, -0.05) is 30.3 Å². The predicted octanol–water partition coefficient (Wildman–Crippen LogP) is 4.65. The van der Waals surface area contributed by atoms with Crippen LogP contribution in [0, 0.1) is 18.6 Å². The maximum Gasteiger partial charge on any atom is 0.427 e. The second-order valence-corrected chi connectivity index (χ2v) is 11.0. The maximum atomic E-state index is 15.3. The molecule has 2 aromatic carbocycles. The third-order valence-electron chi connectivity index (χ3n) is 5.79. The Kier molecular flexibility index (Phi) is 6.80. The molecule has 186 valence electrons. The van der Waals surface area contributed by atoms with Crippen LogP contribution < -0.4 is 9.04 Å². The second kappa shape index (κ2) is 9.51. The lowest BCUT2D eigenvalue weighted by Gasteiger charge is -2.28. The van der Waals surface area contributed by atoms with Gasteiger partial charge in [0, 0.05) is 43.1 Å². The van der Waals surface area contributed by atoms with Gasteiger partial charge < -0.3 is 9.84 Å². The number of nitrogens with zero attached hydrogens (tertiary/aromatic N) is 3. The number of anilines is 1. The van der Waals surface area contributed by atoms with Crippen molar-refractivity contribution in [3.63, 3.8) is 0 Å². The third-order valence-corrected chi connectivity index (χ3v) is 8.08. The first-order valence-corrected chi connectivity index (χ1v) is 13.0. The van der Waals surface area contributed by atoms with E-state index in [1.165, 1.54) is 12.4 Å². The zero-order valence-electron chi connectivity index (χ0n) is 18.9. The molecule has 12 heteroatoms. The summed E-state index contributed by atoms with van der Waals surface area (Å²) in [7, 11) is -5.15. The monoisotopic (exact) mass is 523 g/mol. The van der Waals surface area contributed by atoms with Gasteiger partial charge in [0.15, 0.2) is 16.5 Å². The molecule has 1 amide bonds. The van der Waals surface area contributed by atoms with Gasteiger partial charge in [-0.15, -0.1) is 15.6 Å². The van der Waals surface area contributed by atoms with Gasteiger partial charge in [0.25, 0.3) is 10.0 Å². The number of ether oxygens (including phenoxy) is 1. The molecule has 0 radical (unpaired) electrons. The average Bonchev–Trinajstić information content (AvgIpc) is 3.42. The largest absolute Gasteiger partial charge is 0.486 e. The molecular weight excluding hydrogens is 500 g/mol. The fourth-order valence-corrected chi connectivity index (χ4v) is 6.09. The normalized spacial score (nSPS) is 18.5. The fraction of sp³-hybridized carbons (Fsp3) is 0.304. The predicted molar refractivity (Wildman–Crippen MR) is 126 cm³/mol. The number of aromatic nitrogens is 1. The molecule has 35 heavy (non-hydrogen) atoms. The third kappa shape index (κ3) is 5.00. The van der Waals surface area contributed by atoms with Crippen molar-refractivity contribution in [1.29, 1.82) is 0 Å². The SMILES string of the molecule is Cc1c(O[C@@]2(C)CCN(Cc3ccccc3)C2)cc(F)c(S(=O)(=O)N(C(=O)O)c2cscn2)c1F. The number of hydrogen-bond donors (Lipinski definition) is 1. The average molecular weight is 524 g/mol. The Morgan fingerprint density at radius 1 is 1.31 bits per heavy atom. The van der Waals surface area contributed by atoms with Crippen LogP contribution in [0.1, 0.15) is 24.5 Å². The van der Waals surface area contributed by atoms with E-state index in [0.29, 0.717) is 26.1 Å². The van der Waals surface area contributed by atoms with Crippen LogP contribution in [0.5, 0.6) is 5.75 Å². The van der Waals surface area contributed by atoms with Gasteiger partial charge in [-0.25, -0.2) is 27.0 Å². The Hall–Kier alpha value is -3.09. The highest BCUT2D eigenvalue weighted by Gasteiger charge is 2.40. The molecule has 1 aliphatic rings. The number of rotatable bonds is 7. The Labute approximate surface area is 205 Å². The lowest BCUT2D eigenvalue weighted by molar-refractivity contribution is 0.0930. The highest BCUT2D eigenvalue weighted by Crippen LogP contribution is 2.36. The number of carbonyl (C=O) groups is 1. The van der Waals surface area contributed by atoms with Crippen molar-refractivity contribution in [2.45, 2.75) is 37.3 Å². The lowest BCUT2D eigenvalue weighted by Crippen LogP contribution is -2.38. The first-order valence-electron chi connectivity index (χ1n) is 10.6. The van der Waals surface area contributed by atoms with Crippen LogP contribution in [0.25, 0.3) is 0 Å². The standard InChI is InChI=1S/C23H23F2N3O5S2/c1-15-18(33-23(2)8-9-27(13-23)11-16-6-4-3-5-7-16)10-17(24)21(20(15)25)35(31,32)28(22(29)30)19-12-34-14-26-19/h3-7,10,12,14H,8-9,11,13H2,1-2H3,(H,29,30)/t23-/m0/s1. The van der Waals surface area contributed by atoms with E-state index in [4.69, 9.17) is 4.74 Å². The molecule has 0 aliphatic carbocycles. The smallest absolute Gasteiger partial charge is 0.427 e. The van der Waals surface area contributed by atoms with Gasteiger partial charge in [-0.2, -0.15) is 0 Å². The summed E-state index contributed by atoms with van der Waals surface area (Å²) in [6, 6.07) is 10.6. The quantitative estimate of drug-likeness (QED) is 0.481. The molecule has 1 aromatic heterocycles. The molecule has 2 heterocycles. The molecule has 3 aromatic rings. The molecule has 0 bridgehead atoms. The molecule has 0 unspecified atom stereocenters. The number of carboxylic acid groups (broad SMARTS) is 1. The minimum atomic E-state index is -5.15. The van der Waals surface area contributed by atoms with Crippen LogP contribution in [-0.2, 0) is 16.6 Å². The molecular formula is C23H23F2N3O5S2. The first kappa shape index (κ1) is 25.0. The fourth-order valence-electron chi connectivity index (χ4n) is 4.09. The van der Waals surface area contributed by atoms with Gasteiger partial charge in [0.1, 0.15) is 17.2 Å². The Morgan fingerprint density at radius 3 is 2.66 bits per heavy atom. The van der Waals surface area contributed by atoms with Crippen LogP contribution in [0.3, 0.4) is 0 Å². The van der Waals surface area contributed by atoms with E-state index in [9.17, 15) is 18.3 Å². The van der Waals surface area contributed by atoms with Gasteiger partial charge in [0.2, 0.25) is 0 Å². The summed E-state index contributed by atoms with van der Waals surface area (Å²) in [6.07, 6.45) is -1.34. The van der Waals surface area contributed by atoms with Crippen LogP contribution in [0.2, 0.25) is 0 Å². The molecule has 4 rings (SSSR count). The summed E-state index contributed by atoms with van der Waals surface area (Å²) in [6.45, 7) is 4.99. The van der Waals surface area contributed by atoms with E-state index in [-0.39, 0.29) is 15.6 Å². The summed E-state index contributed by atoms with van der Waals surface area (Å²) in [5, 5.41) is 10.6. The molecule has 8 nitrogen and oxygen atoms in total. The number of likely N-dealkylation sites (tertiary alicyclic amines) is 1. The summed E-state index contributed by atoms with van der Waals surface area (Å²) in [4.78, 5) is 16.1. The number of benzene rings is 2. The minimum absolute atomic E-state index is 0.140. The minimum Gasteiger partial charge on any atom is -0.486 e. The van der Waals surface area contributed by atoms with E-state index in [1.807, 2.05) is 37.3 Å². The number of halogens is 2. The number of hydrogen-bond acceptors (Lipinski definition) is 7. The van der Waals surface area contributed by atoms with Gasteiger partial charge >= 0.3 is 6.09 Å². The zero-order chi connectivity index (χ0) is 25.4. The maximum absolute atomic E-state index is 15.3. The lowest BCUT2D eigenvalue weighted by atomic mass is 10.1. The van der Waals surface area contributed by atoms with Crippen LogP contribution in [0.4, 0.5) is 19.4 Å². The highest BCUT2D eigenvalue weighted by atomic mass is 32.2. The Morgan fingerprint density at radius 2 is 2.03 bits per heavy atom. The number of sulfonamides is 1. The van der Waals surface area contributed by atoms with Crippen molar-refractivity contribution in [2.24, 2.45) is 0 Å². The van der Waals surface area contributed by atoms with Crippen molar-refractivity contribution < 1.29 is 31.8 Å². The molecule has 1 atom stereocenters. The van der Waals surface area contributed by atoms with Crippen molar-refractivity contribution in [1.82, 2.24) is 9.88 Å². The van der Waals surface area contributed by atoms with Gasteiger partial charge in [0.05, 0.1) is 5.51 Å².